The summed E-state index contributed by atoms with van der Waals surface area (Å²) in [5, 5.41) is 0. The number of hydrogen-bond donors (Lipinski definition) is 2. The molecule has 0 saturated carbocycles. The molecule has 0 aliphatic heterocycles. The minimum atomic E-state index is -4.67. The Hall–Kier alpha value is 2.76. The van der Waals surface area contributed by atoms with E-state index in [0.29, 0.717) is 0 Å². The summed E-state index contributed by atoms with van der Waals surface area (Å²) < 4.78 is 65.5. The first-order valence-corrected chi connectivity index (χ1v) is 5.11. The normalized spacial score (nSPS) is 5.69. The first kappa shape index (κ1) is 29.7. The summed E-state index contributed by atoms with van der Waals surface area (Å²) in [6, 6.07) is 0. The Balaban J connectivity index is -0.00000000707. The second-order valence-corrected chi connectivity index (χ2v) is 1.96. The Morgan fingerprint density at radius 1 is 0.846 bits per heavy atom. The van der Waals surface area contributed by atoms with Crippen molar-refractivity contribution in [2.45, 2.75) is 0 Å². The molecule has 13 heavy (non-hydrogen) atoms. The van der Waals surface area contributed by atoms with Gasteiger partial charge in [0.1, 0.15) is 0 Å². The van der Waals surface area contributed by atoms with E-state index in [1.807, 2.05) is 0 Å². The quantitative estimate of drug-likeness (QED) is 0.400. The zero-order chi connectivity index (χ0) is 9.91. The van der Waals surface area contributed by atoms with E-state index in [1.165, 1.54) is 0 Å². The molecule has 0 heterocycles. The van der Waals surface area contributed by atoms with Crippen molar-refractivity contribution in [1.82, 2.24) is 0 Å². The van der Waals surface area contributed by atoms with Gasteiger partial charge >= 0.3 is 133 Å². The van der Waals surface area contributed by atoms with Gasteiger partial charge in [0.2, 0.25) is 0 Å². The fraction of sp³-hybridized carbons (Fsp3) is 0. The summed E-state index contributed by atoms with van der Waals surface area (Å²) in [4.78, 5) is 0. The predicted octanol–water partition coefficient (Wildman–Crippen LogP) is -1.44. The van der Waals surface area contributed by atoms with Gasteiger partial charge in [0, 0.05) is 0 Å². The molecule has 0 bridgehead atoms. The van der Waals surface area contributed by atoms with Crippen LogP contribution in [-0.2, 0) is 57.5 Å². The standard InChI is InChI=1S/2Ca.H2O4S.4O.2V.4H/c;;1-5(2,3)4;;;;;;;;;;/h;;(H2,1,2,3,4);;;;;;;;;;/q2*+2;;;;;;;;4*-1. The van der Waals surface area contributed by atoms with E-state index in [0.717, 1.165) is 0 Å². The Morgan fingerprint density at radius 3 is 0.846 bits per heavy atom. The van der Waals surface area contributed by atoms with Crippen molar-refractivity contribution in [3.63, 3.8) is 0 Å². The third-order valence-corrected chi connectivity index (χ3v) is 0. The van der Waals surface area contributed by atoms with Gasteiger partial charge in [-0.3, -0.25) is 9.11 Å². The molecule has 0 aromatic heterocycles. The number of rotatable bonds is 0. The minimum absolute atomic E-state index is 0. The second kappa shape index (κ2) is 24.1. The SMILES string of the molecule is O=S(=O)(O)O.[Ca+2].[Ca+2].[H-].[H-].[H-].[H-].[O]=[V]=[O].[O]=[V]=[O]. The molecular weight excluding hydrogens is 342 g/mol. The Kier molecular flexibility index (Phi) is 55.1. The van der Waals surface area contributed by atoms with Gasteiger partial charge in [-0.15, -0.1) is 0 Å². The van der Waals surface area contributed by atoms with E-state index in [1.54, 1.807) is 0 Å². The van der Waals surface area contributed by atoms with Crippen LogP contribution in [0.4, 0.5) is 0 Å². The van der Waals surface area contributed by atoms with Gasteiger partial charge in [0.05, 0.1) is 0 Å². The molecule has 0 rings (SSSR count). The zero-order valence-corrected chi connectivity index (χ0v) is 14.1. The first-order chi connectivity index (χ1) is 4.83. The van der Waals surface area contributed by atoms with Crippen molar-refractivity contribution in [1.29, 1.82) is 0 Å². The molecule has 0 aliphatic carbocycles. The summed E-state index contributed by atoms with van der Waals surface area (Å²) in [5.74, 6) is 0. The molecule has 0 spiro atoms. The van der Waals surface area contributed by atoms with Crippen LogP contribution in [0.15, 0.2) is 0 Å². The van der Waals surface area contributed by atoms with E-state index < -0.39 is 42.8 Å². The molecule has 13 heteroatoms. The molecule has 0 aliphatic rings. The van der Waals surface area contributed by atoms with Crippen LogP contribution in [0.3, 0.4) is 0 Å². The summed E-state index contributed by atoms with van der Waals surface area (Å²) >= 11 is -3.62. The molecule has 0 amide bonds. The van der Waals surface area contributed by atoms with Crippen molar-refractivity contribution in [2.24, 2.45) is 0 Å². The van der Waals surface area contributed by atoms with Crippen LogP contribution in [-0.4, -0.2) is 93.0 Å². The third kappa shape index (κ3) is 316. The summed E-state index contributed by atoms with van der Waals surface area (Å²) in [7, 11) is -4.67. The monoisotopic (exact) mass is 348 g/mol. The van der Waals surface area contributed by atoms with E-state index in [-0.39, 0.29) is 81.2 Å². The van der Waals surface area contributed by atoms with Gasteiger partial charge < -0.3 is 5.71 Å². The topological polar surface area (TPSA) is 143 Å². The molecular formula is H6Ca2O8SV2. The average molecular weight is 348 g/mol. The Bertz CT molecular complexity index is 224. The van der Waals surface area contributed by atoms with Crippen molar-refractivity contribution < 1.29 is 70.3 Å². The van der Waals surface area contributed by atoms with Crippen molar-refractivity contribution in [2.75, 3.05) is 0 Å². The predicted molar refractivity (Wildman–Crippen MR) is 32.9 cm³/mol. The van der Waals surface area contributed by atoms with Gasteiger partial charge in [-0.2, -0.15) is 8.42 Å². The van der Waals surface area contributed by atoms with Crippen LogP contribution in [0.25, 0.3) is 0 Å². The molecule has 0 unspecified atom stereocenters. The third-order valence-electron chi connectivity index (χ3n) is 0. The molecule has 0 saturated heterocycles. The van der Waals surface area contributed by atoms with E-state index >= 15 is 0 Å². The van der Waals surface area contributed by atoms with Gasteiger partial charge in [0.25, 0.3) is 0 Å². The van der Waals surface area contributed by atoms with E-state index in [4.69, 9.17) is 32.2 Å². The van der Waals surface area contributed by atoms with Crippen molar-refractivity contribution in [3.05, 3.63) is 0 Å². The zero-order valence-electron chi connectivity index (χ0n) is 10.1. The van der Waals surface area contributed by atoms with Gasteiger partial charge in [-0.05, 0) is 0 Å². The van der Waals surface area contributed by atoms with Crippen LogP contribution in [0.5, 0.6) is 0 Å². The molecule has 0 fully saturated rings. The molecule has 2 N–H and O–H groups in total. The fourth-order valence-corrected chi connectivity index (χ4v) is 0. The Labute approximate surface area is 153 Å². The molecule has 8 nitrogen and oxygen atoms in total. The van der Waals surface area contributed by atoms with Crippen LogP contribution >= 0.6 is 0 Å². The van der Waals surface area contributed by atoms with Gasteiger partial charge in [0.15, 0.2) is 0 Å². The van der Waals surface area contributed by atoms with Crippen LogP contribution in [0, 0.1) is 0 Å². The molecule has 0 aromatic rings. The van der Waals surface area contributed by atoms with Crippen molar-refractivity contribution in [3.8, 4) is 0 Å². The molecule has 0 aromatic carbocycles. The van der Waals surface area contributed by atoms with Gasteiger partial charge in [-0.1, -0.05) is 0 Å². The summed E-state index contributed by atoms with van der Waals surface area (Å²) in [5.41, 5.74) is 0. The van der Waals surface area contributed by atoms with E-state index in [9.17, 15) is 0 Å². The maximum atomic E-state index is 8.74. The van der Waals surface area contributed by atoms with Gasteiger partial charge in [-0.25, -0.2) is 0 Å². The number of hydrogen-bond acceptors (Lipinski definition) is 6. The van der Waals surface area contributed by atoms with Crippen molar-refractivity contribution >= 4 is 85.9 Å². The molecule has 0 atom stereocenters. The van der Waals surface area contributed by atoms with Crippen LogP contribution < -0.4 is 0 Å². The van der Waals surface area contributed by atoms with Crippen LogP contribution in [0.1, 0.15) is 5.71 Å². The Morgan fingerprint density at radius 2 is 0.846 bits per heavy atom. The van der Waals surface area contributed by atoms with Crippen LogP contribution in [0.2, 0.25) is 0 Å². The van der Waals surface area contributed by atoms with E-state index in [2.05, 4.69) is 0 Å². The molecule has 74 valence electrons. The first-order valence-electron chi connectivity index (χ1n) is 1.43. The molecule has 0 radical (unpaired) electrons. The summed E-state index contributed by atoms with van der Waals surface area (Å²) in [6.45, 7) is 0. The second-order valence-electron chi connectivity index (χ2n) is 0.597. The average Bonchev–Trinajstić information content (AvgIpc) is 1.62. The maximum absolute atomic E-state index is 8.74. The fourth-order valence-electron chi connectivity index (χ4n) is 0. The summed E-state index contributed by atoms with van der Waals surface area (Å²) in [6.07, 6.45) is 0.